The highest BCUT2D eigenvalue weighted by Crippen LogP contribution is 2.36. The first kappa shape index (κ1) is 14.7. The minimum atomic E-state index is 0.371. The van der Waals surface area contributed by atoms with E-state index < -0.39 is 0 Å². The van der Waals surface area contributed by atoms with Gasteiger partial charge in [0.15, 0.2) is 5.96 Å². The molecule has 1 fully saturated rings. The molecule has 2 N–H and O–H groups in total. The van der Waals surface area contributed by atoms with Gasteiger partial charge in [0.2, 0.25) is 0 Å². The summed E-state index contributed by atoms with van der Waals surface area (Å²) in [5.74, 6) is 2.19. The van der Waals surface area contributed by atoms with Gasteiger partial charge in [-0.15, -0.1) is 11.3 Å². The summed E-state index contributed by atoms with van der Waals surface area (Å²) in [6.45, 7) is 6.34. The third-order valence-electron chi connectivity index (χ3n) is 3.54. The molecular weight excluding hydrogens is 274 g/mol. The van der Waals surface area contributed by atoms with Crippen LogP contribution in [-0.2, 0) is 6.54 Å². The Hall–Kier alpha value is -0.680. The topological polar surface area (TPSA) is 36.4 Å². The monoisotopic (exact) mass is 297 g/mol. The van der Waals surface area contributed by atoms with Gasteiger partial charge in [-0.3, -0.25) is 4.99 Å². The van der Waals surface area contributed by atoms with Gasteiger partial charge in [-0.05, 0) is 49.5 Å². The molecule has 1 aliphatic rings. The molecule has 1 aromatic rings. The number of nitrogens with zero attached hydrogens (tertiary/aromatic N) is 1. The van der Waals surface area contributed by atoms with Crippen LogP contribution in [0.25, 0.3) is 0 Å². The lowest BCUT2D eigenvalue weighted by molar-refractivity contribution is 0.584. The Bertz CT molecular complexity index is 434. The van der Waals surface area contributed by atoms with Crippen LogP contribution in [0, 0.1) is 6.92 Å². The SMILES string of the molecule is CN=C(NCc1sccc1C)NCC1(C)CCCS1. The Morgan fingerprint density at radius 2 is 2.32 bits per heavy atom. The van der Waals surface area contributed by atoms with E-state index in [1.54, 1.807) is 11.3 Å². The highest BCUT2D eigenvalue weighted by molar-refractivity contribution is 8.00. The summed E-state index contributed by atoms with van der Waals surface area (Å²) in [6, 6.07) is 2.16. The van der Waals surface area contributed by atoms with Crippen molar-refractivity contribution in [2.45, 2.75) is 38.0 Å². The number of thioether (sulfide) groups is 1. The van der Waals surface area contributed by atoms with E-state index in [4.69, 9.17) is 0 Å². The van der Waals surface area contributed by atoms with Crippen molar-refractivity contribution in [1.82, 2.24) is 10.6 Å². The molecule has 0 amide bonds. The van der Waals surface area contributed by atoms with Crippen molar-refractivity contribution in [3.63, 3.8) is 0 Å². The maximum atomic E-state index is 4.30. The van der Waals surface area contributed by atoms with Crippen molar-refractivity contribution in [3.05, 3.63) is 21.9 Å². The van der Waals surface area contributed by atoms with Crippen molar-refractivity contribution in [2.75, 3.05) is 19.3 Å². The molecule has 1 aliphatic heterocycles. The van der Waals surface area contributed by atoms with Crippen LogP contribution in [0.2, 0.25) is 0 Å². The largest absolute Gasteiger partial charge is 0.355 e. The van der Waals surface area contributed by atoms with Gasteiger partial charge in [0.25, 0.3) is 0 Å². The Morgan fingerprint density at radius 1 is 1.47 bits per heavy atom. The first-order valence-electron chi connectivity index (χ1n) is 6.74. The van der Waals surface area contributed by atoms with Crippen LogP contribution in [0.5, 0.6) is 0 Å². The van der Waals surface area contributed by atoms with E-state index >= 15 is 0 Å². The number of hydrogen-bond donors (Lipinski definition) is 2. The van der Waals surface area contributed by atoms with Gasteiger partial charge in [0.1, 0.15) is 0 Å². The lowest BCUT2D eigenvalue weighted by atomic mass is 10.1. The smallest absolute Gasteiger partial charge is 0.191 e. The third kappa shape index (κ3) is 4.14. The number of guanidine groups is 1. The molecule has 5 heteroatoms. The van der Waals surface area contributed by atoms with Crippen LogP contribution >= 0.6 is 23.1 Å². The lowest BCUT2D eigenvalue weighted by Gasteiger charge is -2.24. The molecule has 1 aromatic heterocycles. The summed E-state index contributed by atoms with van der Waals surface area (Å²) in [5, 5.41) is 8.99. The fourth-order valence-corrected chi connectivity index (χ4v) is 4.31. The number of aryl methyl sites for hydroxylation is 1. The maximum Gasteiger partial charge on any atom is 0.191 e. The molecule has 0 radical (unpaired) electrons. The van der Waals surface area contributed by atoms with Crippen LogP contribution in [0.4, 0.5) is 0 Å². The van der Waals surface area contributed by atoms with Crippen molar-refractivity contribution in [1.29, 1.82) is 0 Å². The normalized spacial score (nSPS) is 23.6. The zero-order valence-electron chi connectivity index (χ0n) is 12.0. The molecule has 0 bridgehead atoms. The summed E-state index contributed by atoms with van der Waals surface area (Å²) in [6.07, 6.45) is 2.63. The van der Waals surface area contributed by atoms with E-state index in [2.05, 4.69) is 52.7 Å². The van der Waals surface area contributed by atoms with E-state index in [-0.39, 0.29) is 0 Å². The average Bonchev–Trinajstić information content (AvgIpc) is 3.00. The molecule has 0 aromatic carbocycles. The fraction of sp³-hybridized carbons (Fsp3) is 0.643. The van der Waals surface area contributed by atoms with E-state index in [9.17, 15) is 0 Å². The number of thiophene rings is 1. The van der Waals surface area contributed by atoms with Crippen LogP contribution in [0.15, 0.2) is 16.4 Å². The molecule has 2 rings (SSSR count). The van der Waals surface area contributed by atoms with Crippen molar-refractivity contribution in [2.24, 2.45) is 4.99 Å². The summed E-state index contributed by atoms with van der Waals surface area (Å²) in [7, 11) is 1.83. The highest BCUT2D eigenvalue weighted by Gasteiger charge is 2.29. The molecule has 1 unspecified atom stereocenters. The van der Waals surface area contributed by atoms with Gasteiger partial charge in [-0.1, -0.05) is 0 Å². The molecule has 1 saturated heterocycles. The van der Waals surface area contributed by atoms with Crippen LogP contribution in [0.1, 0.15) is 30.2 Å². The van der Waals surface area contributed by atoms with Crippen molar-refractivity contribution in [3.8, 4) is 0 Å². The van der Waals surface area contributed by atoms with Gasteiger partial charge in [0.05, 0.1) is 6.54 Å². The Balaban J connectivity index is 1.79. The van der Waals surface area contributed by atoms with Gasteiger partial charge in [-0.25, -0.2) is 0 Å². The standard InChI is InChI=1S/C14H23N3S2/c1-11-5-8-18-12(11)9-16-13(15-3)17-10-14(2)6-4-7-19-14/h5,8H,4,6-7,9-10H2,1-3H3,(H2,15,16,17). The predicted molar refractivity (Wildman–Crippen MR) is 87.4 cm³/mol. The second kappa shape index (κ2) is 6.66. The molecule has 19 heavy (non-hydrogen) atoms. The maximum absolute atomic E-state index is 4.30. The fourth-order valence-electron chi connectivity index (χ4n) is 2.22. The van der Waals surface area contributed by atoms with Gasteiger partial charge in [-0.2, -0.15) is 11.8 Å². The first-order chi connectivity index (χ1) is 9.13. The molecule has 106 valence electrons. The molecule has 0 spiro atoms. The lowest BCUT2D eigenvalue weighted by Crippen LogP contribution is -2.43. The van der Waals surface area contributed by atoms with Crippen molar-refractivity contribution >= 4 is 29.1 Å². The Morgan fingerprint density at radius 3 is 2.89 bits per heavy atom. The van der Waals surface area contributed by atoms with E-state index in [0.29, 0.717) is 4.75 Å². The predicted octanol–water partition coefficient (Wildman–Crippen LogP) is 3.01. The van der Waals surface area contributed by atoms with Crippen molar-refractivity contribution < 1.29 is 0 Å². The number of aliphatic imine (C=N–C) groups is 1. The Labute approximate surface area is 124 Å². The number of nitrogens with one attached hydrogen (secondary N) is 2. The molecule has 2 heterocycles. The summed E-state index contributed by atoms with van der Waals surface area (Å²) >= 11 is 3.87. The second-order valence-corrected chi connectivity index (χ2v) is 7.89. The highest BCUT2D eigenvalue weighted by atomic mass is 32.2. The molecule has 0 aliphatic carbocycles. The Kier molecular flexibility index (Phi) is 5.16. The average molecular weight is 297 g/mol. The molecule has 0 saturated carbocycles. The molecule has 3 nitrogen and oxygen atoms in total. The zero-order chi connectivity index (χ0) is 13.7. The minimum absolute atomic E-state index is 0.371. The summed E-state index contributed by atoms with van der Waals surface area (Å²) in [5.41, 5.74) is 1.35. The quantitative estimate of drug-likeness (QED) is 0.662. The third-order valence-corrected chi connectivity index (χ3v) is 6.10. The van der Waals surface area contributed by atoms with E-state index in [0.717, 1.165) is 19.0 Å². The number of rotatable bonds is 4. The van der Waals surface area contributed by atoms with Gasteiger partial charge in [0, 0.05) is 23.2 Å². The number of hydrogen-bond acceptors (Lipinski definition) is 3. The molecular formula is C14H23N3S2. The minimum Gasteiger partial charge on any atom is -0.355 e. The van der Waals surface area contributed by atoms with Gasteiger partial charge < -0.3 is 10.6 Å². The second-order valence-electron chi connectivity index (χ2n) is 5.21. The first-order valence-corrected chi connectivity index (χ1v) is 8.61. The summed E-state index contributed by atoms with van der Waals surface area (Å²) < 4.78 is 0.371. The van der Waals surface area contributed by atoms with Crippen LogP contribution in [0.3, 0.4) is 0 Å². The van der Waals surface area contributed by atoms with Crippen LogP contribution < -0.4 is 10.6 Å². The van der Waals surface area contributed by atoms with Gasteiger partial charge >= 0.3 is 0 Å². The van der Waals surface area contributed by atoms with Crippen LogP contribution in [-0.4, -0.2) is 30.1 Å². The zero-order valence-corrected chi connectivity index (χ0v) is 13.6. The molecule has 1 atom stereocenters. The van der Waals surface area contributed by atoms with E-state index in [1.165, 1.54) is 29.0 Å². The van der Waals surface area contributed by atoms with E-state index in [1.807, 2.05) is 7.05 Å². The summed E-state index contributed by atoms with van der Waals surface area (Å²) in [4.78, 5) is 5.68.